The Bertz CT molecular complexity index is 382. The van der Waals surface area contributed by atoms with Gasteiger partial charge in [0.05, 0.1) is 0 Å². The Hall–Kier alpha value is -0.960. The van der Waals surface area contributed by atoms with Crippen LogP contribution >= 0.6 is 12.6 Å². The van der Waals surface area contributed by atoms with Gasteiger partial charge < -0.3 is 4.90 Å². The van der Waals surface area contributed by atoms with E-state index in [0.717, 1.165) is 19.5 Å². The number of thiol groups is 1. The van der Waals surface area contributed by atoms with Gasteiger partial charge in [0.2, 0.25) is 5.91 Å². The molecule has 1 amide bonds. The highest BCUT2D eigenvalue weighted by Gasteiger charge is 2.29. The number of hydrogen-bond acceptors (Lipinski definition) is 2. The van der Waals surface area contributed by atoms with Gasteiger partial charge in [-0.3, -0.25) is 4.79 Å². The van der Waals surface area contributed by atoms with Gasteiger partial charge in [0.15, 0.2) is 0 Å². The average Bonchev–Trinajstić information content (AvgIpc) is 2.25. The smallest absolute Gasteiger partial charge is 0.223 e. The minimum Gasteiger partial charge on any atom is -0.342 e. The van der Waals surface area contributed by atoms with E-state index in [9.17, 15) is 4.79 Å². The number of benzene rings is 1. The molecule has 1 aliphatic heterocycles. The predicted molar refractivity (Wildman–Crippen MR) is 73.4 cm³/mol. The minimum atomic E-state index is 0.250. The maximum Gasteiger partial charge on any atom is 0.223 e. The zero-order valence-electron chi connectivity index (χ0n) is 10.2. The number of amides is 1. The average molecular weight is 249 g/mol. The summed E-state index contributed by atoms with van der Waals surface area (Å²) in [6, 6.07) is 8.68. The summed E-state index contributed by atoms with van der Waals surface area (Å²) in [7, 11) is 0. The van der Waals surface area contributed by atoms with Crippen molar-refractivity contribution < 1.29 is 4.79 Å². The number of nitrogens with zero attached hydrogens (tertiary/aromatic N) is 1. The van der Waals surface area contributed by atoms with E-state index in [1.807, 2.05) is 4.90 Å². The molecule has 1 aromatic rings. The van der Waals surface area contributed by atoms with Gasteiger partial charge in [0, 0.05) is 19.5 Å². The molecule has 0 unspecified atom stereocenters. The summed E-state index contributed by atoms with van der Waals surface area (Å²) < 4.78 is 0. The topological polar surface area (TPSA) is 20.3 Å². The van der Waals surface area contributed by atoms with Gasteiger partial charge in [-0.1, -0.05) is 29.8 Å². The summed E-state index contributed by atoms with van der Waals surface area (Å²) in [4.78, 5) is 13.5. The van der Waals surface area contributed by atoms with Crippen LogP contribution in [0.3, 0.4) is 0 Å². The third-order valence-electron chi connectivity index (χ3n) is 3.28. The third kappa shape index (κ3) is 3.25. The van der Waals surface area contributed by atoms with E-state index >= 15 is 0 Å². The number of hydrogen-bond donors (Lipinski definition) is 1. The summed E-state index contributed by atoms with van der Waals surface area (Å²) in [5.41, 5.74) is 2.68. The number of aryl methyl sites for hydroxylation is 1. The molecule has 0 bridgehead atoms. The quantitative estimate of drug-likeness (QED) is 0.812. The van der Waals surface area contributed by atoms with Crippen LogP contribution in [0.2, 0.25) is 0 Å². The lowest BCUT2D eigenvalue weighted by Gasteiger charge is -2.39. The minimum absolute atomic E-state index is 0.250. The molecule has 1 heterocycles. The summed E-state index contributed by atoms with van der Waals surface area (Å²) in [6.07, 6.45) is 1.66. The molecule has 1 aromatic carbocycles. The number of rotatable bonds is 4. The Morgan fingerprint density at radius 1 is 1.35 bits per heavy atom. The standard InChI is InChI=1S/C14H19NOS/c1-11-2-4-12(5-3-11)8-13-9-15(10-13)14(16)6-7-17/h2-5,13,17H,6-10H2,1H3. The Morgan fingerprint density at radius 2 is 2.00 bits per heavy atom. The van der Waals surface area contributed by atoms with Gasteiger partial charge in [0.1, 0.15) is 0 Å². The lowest BCUT2D eigenvalue weighted by atomic mass is 9.91. The molecular weight excluding hydrogens is 230 g/mol. The van der Waals surface area contributed by atoms with Gasteiger partial charge in [-0.25, -0.2) is 0 Å². The second kappa shape index (κ2) is 5.58. The van der Waals surface area contributed by atoms with Crippen molar-refractivity contribution in [3.05, 3.63) is 35.4 Å². The molecule has 0 saturated carbocycles. The third-order valence-corrected chi connectivity index (χ3v) is 3.50. The Kier molecular flexibility index (Phi) is 4.11. The largest absolute Gasteiger partial charge is 0.342 e. The molecule has 1 saturated heterocycles. The zero-order valence-corrected chi connectivity index (χ0v) is 11.1. The maximum absolute atomic E-state index is 11.5. The predicted octanol–water partition coefficient (Wildman–Crippen LogP) is 2.32. The van der Waals surface area contributed by atoms with Crippen LogP contribution in [-0.4, -0.2) is 29.6 Å². The van der Waals surface area contributed by atoms with E-state index in [0.29, 0.717) is 18.1 Å². The van der Waals surface area contributed by atoms with Crippen LogP contribution in [-0.2, 0) is 11.2 Å². The van der Waals surface area contributed by atoms with Gasteiger partial charge in [-0.2, -0.15) is 12.6 Å². The Labute approximate surface area is 108 Å². The molecule has 0 spiro atoms. The first kappa shape index (κ1) is 12.5. The molecular formula is C14H19NOS. The molecule has 0 atom stereocenters. The van der Waals surface area contributed by atoms with Crippen LogP contribution in [0, 0.1) is 12.8 Å². The van der Waals surface area contributed by atoms with Crippen LogP contribution in [0.15, 0.2) is 24.3 Å². The fourth-order valence-corrected chi connectivity index (χ4v) is 2.41. The first-order chi connectivity index (χ1) is 8.19. The van der Waals surface area contributed by atoms with Crippen molar-refractivity contribution in [2.75, 3.05) is 18.8 Å². The van der Waals surface area contributed by atoms with E-state index in [-0.39, 0.29) is 5.91 Å². The Balaban J connectivity index is 1.77. The van der Waals surface area contributed by atoms with Crippen LogP contribution in [0.1, 0.15) is 17.5 Å². The lowest BCUT2D eigenvalue weighted by molar-refractivity contribution is -0.136. The number of carbonyl (C=O) groups excluding carboxylic acids is 1. The molecule has 0 aliphatic carbocycles. The van der Waals surface area contributed by atoms with E-state index < -0.39 is 0 Å². The van der Waals surface area contributed by atoms with Gasteiger partial charge >= 0.3 is 0 Å². The van der Waals surface area contributed by atoms with Crippen molar-refractivity contribution in [1.29, 1.82) is 0 Å². The number of carbonyl (C=O) groups is 1. The molecule has 3 heteroatoms. The highest BCUT2D eigenvalue weighted by atomic mass is 32.1. The molecule has 2 nitrogen and oxygen atoms in total. The van der Waals surface area contributed by atoms with Gasteiger partial charge in [-0.05, 0) is 30.6 Å². The highest BCUT2D eigenvalue weighted by Crippen LogP contribution is 2.21. The second-order valence-electron chi connectivity index (χ2n) is 4.83. The van der Waals surface area contributed by atoms with Crippen molar-refractivity contribution in [2.24, 2.45) is 5.92 Å². The van der Waals surface area contributed by atoms with E-state index in [1.54, 1.807) is 0 Å². The zero-order chi connectivity index (χ0) is 12.3. The van der Waals surface area contributed by atoms with Crippen LogP contribution < -0.4 is 0 Å². The summed E-state index contributed by atoms with van der Waals surface area (Å²) in [5, 5.41) is 0. The molecule has 17 heavy (non-hydrogen) atoms. The molecule has 92 valence electrons. The first-order valence-corrected chi connectivity index (χ1v) is 6.76. The Morgan fingerprint density at radius 3 is 2.59 bits per heavy atom. The van der Waals surface area contributed by atoms with E-state index in [4.69, 9.17) is 0 Å². The normalized spacial score (nSPS) is 15.8. The van der Waals surface area contributed by atoms with Crippen molar-refractivity contribution in [3.8, 4) is 0 Å². The van der Waals surface area contributed by atoms with Gasteiger partial charge in [-0.15, -0.1) is 0 Å². The molecule has 1 fully saturated rings. The van der Waals surface area contributed by atoms with Crippen LogP contribution in [0.5, 0.6) is 0 Å². The number of likely N-dealkylation sites (tertiary alicyclic amines) is 1. The van der Waals surface area contributed by atoms with Crippen molar-refractivity contribution in [3.63, 3.8) is 0 Å². The molecule has 0 radical (unpaired) electrons. The van der Waals surface area contributed by atoms with Gasteiger partial charge in [0.25, 0.3) is 0 Å². The summed E-state index contributed by atoms with van der Waals surface area (Å²) in [5.74, 6) is 1.54. The first-order valence-electron chi connectivity index (χ1n) is 6.13. The van der Waals surface area contributed by atoms with Crippen molar-refractivity contribution in [1.82, 2.24) is 4.90 Å². The summed E-state index contributed by atoms with van der Waals surface area (Å²) in [6.45, 7) is 3.94. The van der Waals surface area contributed by atoms with Crippen LogP contribution in [0.25, 0.3) is 0 Å². The molecule has 1 aliphatic rings. The van der Waals surface area contributed by atoms with E-state index in [1.165, 1.54) is 11.1 Å². The highest BCUT2D eigenvalue weighted by molar-refractivity contribution is 7.80. The summed E-state index contributed by atoms with van der Waals surface area (Å²) >= 11 is 4.08. The molecule has 0 N–H and O–H groups in total. The fourth-order valence-electron chi connectivity index (χ4n) is 2.21. The maximum atomic E-state index is 11.5. The monoisotopic (exact) mass is 249 g/mol. The molecule has 2 rings (SSSR count). The SMILES string of the molecule is Cc1ccc(CC2CN(C(=O)CCS)C2)cc1. The van der Waals surface area contributed by atoms with E-state index in [2.05, 4.69) is 43.8 Å². The fraction of sp³-hybridized carbons (Fsp3) is 0.500. The van der Waals surface area contributed by atoms with Crippen molar-refractivity contribution >= 4 is 18.5 Å². The van der Waals surface area contributed by atoms with Crippen LogP contribution in [0.4, 0.5) is 0 Å². The van der Waals surface area contributed by atoms with Crippen molar-refractivity contribution in [2.45, 2.75) is 19.8 Å². The lowest BCUT2D eigenvalue weighted by Crippen LogP contribution is -2.50. The second-order valence-corrected chi connectivity index (χ2v) is 5.28. The molecule has 0 aromatic heterocycles.